The van der Waals surface area contributed by atoms with E-state index in [1.54, 1.807) is 30.3 Å². The fraction of sp³-hybridized carbons (Fsp3) is 0.385. The van der Waals surface area contributed by atoms with Gasteiger partial charge in [-0.2, -0.15) is 0 Å². The van der Waals surface area contributed by atoms with Crippen molar-refractivity contribution < 1.29 is 19.4 Å². The van der Waals surface area contributed by atoms with Gasteiger partial charge in [0.25, 0.3) is 0 Å². The molecule has 0 saturated heterocycles. The van der Waals surface area contributed by atoms with Crippen molar-refractivity contribution in [2.75, 3.05) is 6.61 Å². The minimum absolute atomic E-state index is 0.126. The van der Waals surface area contributed by atoms with Gasteiger partial charge in [-0.25, -0.2) is 0 Å². The minimum Gasteiger partial charge on any atom is -0.481 e. The second-order valence-corrected chi connectivity index (χ2v) is 3.73. The fourth-order valence-corrected chi connectivity index (χ4v) is 1.47. The number of carboxylic acid groups (broad SMARTS) is 1. The number of benzene rings is 1. The Morgan fingerprint density at radius 2 is 1.94 bits per heavy atom. The number of hydrogen-bond acceptors (Lipinski definition) is 3. The standard InChI is InChI=1S/C13H16O4/c1-2-8-17-12(14)9-11(13(15)16)10-6-4-3-5-7-10/h3-7,11H,2,8-9H2,1H3,(H,15,16)/t11-/m0/s1. The average Bonchev–Trinajstić information content (AvgIpc) is 2.34. The van der Waals surface area contributed by atoms with E-state index >= 15 is 0 Å². The Hall–Kier alpha value is -1.84. The Balaban J connectivity index is 2.68. The van der Waals surface area contributed by atoms with E-state index in [0.29, 0.717) is 12.2 Å². The fourth-order valence-electron chi connectivity index (χ4n) is 1.47. The van der Waals surface area contributed by atoms with Crippen molar-refractivity contribution in [2.45, 2.75) is 25.7 Å². The first-order valence-corrected chi connectivity index (χ1v) is 5.58. The lowest BCUT2D eigenvalue weighted by Gasteiger charge is -2.11. The maximum Gasteiger partial charge on any atom is 0.311 e. The van der Waals surface area contributed by atoms with Crippen molar-refractivity contribution in [2.24, 2.45) is 0 Å². The quantitative estimate of drug-likeness (QED) is 0.769. The van der Waals surface area contributed by atoms with Gasteiger partial charge in [0.2, 0.25) is 0 Å². The molecule has 0 aliphatic heterocycles. The number of carbonyl (C=O) groups excluding carboxylic acids is 1. The highest BCUT2D eigenvalue weighted by Gasteiger charge is 2.23. The van der Waals surface area contributed by atoms with Crippen LogP contribution in [0.4, 0.5) is 0 Å². The summed E-state index contributed by atoms with van der Waals surface area (Å²) < 4.78 is 4.89. The number of hydrogen-bond donors (Lipinski definition) is 1. The molecule has 0 aliphatic rings. The first-order valence-electron chi connectivity index (χ1n) is 5.58. The van der Waals surface area contributed by atoms with E-state index in [1.807, 2.05) is 6.92 Å². The van der Waals surface area contributed by atoms with Crippen LogP contribution in [0.3, 0.4) is 0 Å². The first-order chi connectivity index (χ1) is 8.15. The number of carboxylic acids is 1. The smallest absolute Gasteiger partial charge is 0.311 e. The summed E-state index contributed by atoms with van der Waals surface area (Å²) in [6.45, 7) is 2.22. The molecular formula is C13H16O4. The zero-order chi connectivity index (χ0) is 12.7. The van der Waals surface area contributed by atoms with Crippen LogP contribution in [0.2, 0.25) is 0 Å². The molecule has 0 aromatic heterocycles. The topological polar surface area (TPSA) is 63.6 Å². The van der Waals surface area contributed by atoms with Crippen molar-refractivity contribution in [3.8, 4) is 0 Å². The number of rotatable bonds is 6. The van der Waals surface area contributed by atoms with Crippen molar-refractivity contribution >= 4 is 11.9 Å². The molecule has 1 aromatic carbocycles. The molecule has 1 rings (SSSR count). The van der Waals surface area contributed by atoms with Gasteiger partial charge in [-0.05, 0) is 12.0 Å². The number of esters is 1. The van der Waals surface area contributed by atoms with Gasteiger partial charge >= 0.3 is 11.9 Å². The maximum absolute atomic E-state index is 11.4. The zero-order valence-corrected chi connectivity index (χ0v) is 9.76. The highest BCUT2D eigenvalue weighted by atomic mass is 16.5. The Morgan fingerprint density at radius 3 is 2.47 bits per heavy atom. The third-order valence-electron chi connectivity index (χ3n) is 2.34. The number of ether oxygens (including phenoxy) is 1. The summed E-state index contributed by atoms with van der Waals surface area (Å²) in [5, 5.41) is 9.09. The lowest BCUT2D eigenvalue weighted by Crippen LogP contribution is -2.18. The molecule has 1 aromatic rings. The van der Waals surface area contributed by atoms with Crippen LogP contribution in [0, 0.1) is 0 Å². The summed E-state index contributed by atoms with van der Waals surface area (Å²) in [6, 6.07) is 8.71. The molecule has 0 saturated carbocycles. The molecule has 0 unspecified atom stereocenters. The monoisotopic (exact) mass is 236 g/mol. The van der Waals surface area contributed by atoms with Crippen LogP contribution in [0.25, 0.3) is 0 Å². The molecule has 1 atom stereocenters. The van der Waals surface area contributed by atoms with Crippen LogP contribution in [0.15, 0.2) is 30.3 Å². The van der Waals surface area contributed by atoms with E-state index in [-0.39, 0.29) is 6.42 Å². The Labute approximate surface area is 100 Å². The number of aliphatic carboxylic acids is 1. The SMILES string of the molecule is CCCOC(=O)C[C@H](C(=O)O)c1ccccc1. The Bertz CT molecular complexity index is 372. The predicted molar refractivity (Wildman–Crippen MR) is 62.7 cm³/mol. The van der Waals surface area contributed by atoms with E-state index in [0.717, 1.165) is 6.42 Å². The summed E-state index contributed by atoms with van der Waals surface area (Å²) in [4.78, 5) is 22.5. The molecular weight excluding hydrogens is 220 g/mol. The lowest BCUT2D eigenvalue weighted by atomic mass is 9.96. The second-order valence-electron chi connectivity index (χ2n) is 3.73. The van der Waals surface area contributed by atoms with Gasteiger partial charge in [0.05, 0.1) is 18.9 Å². The third kappa shape index (κ3) is 4.26. The summed E-state index contributed by atoms with van der Waals surface area (Å²) in [7, 11) is 0. The van der Waals surface area contributed by atoms with E-state index in [4.69, 9.17) is 9.84 Å². The molecule has 0 radical (unpaired) electrons. The molecule has 0 aliphatic carbocycles. The van der Waals surface area contributed by atoms with Gasteiger partial charge in [-0.3, -0.25) is 9.59 Å². The molecule has 0 spiro atoms. The molecule has 4 heteroatoms. The average molecular weight is 236 g/mol. The Morgan fingerprint density at radius 1 is 1.29 bits per heavy atom. The highest BCUT2D eigenvalue weighted by Crippen LogP contribution is 2.20. The van der Waals surface area contributed by atoms with Gasteiger partial charge in [0.1, 0.15) is 0 Å². The summed E-state index contributed by atoms with van der Waals surface area (Å²) in [5.74, 6) is -2.31. The van der Waals surface area contributed by atoms with Crippen molar-refractivity contribution in [3.05, 3.63) is 35.9 Å². The van der Waals surface area contributed by atoms with Crippen molar-refractivity contribution in [1.29, 1.82) is 0 Å². The minimum atomic E-state index is -1.01. The van der Waals surface area contributed by atoms with Crippen LogP contribution in [-0.2, 0) is 14.3 Å². The van der Waals surface area contributed by atoms with E-state index in [1.165, 1.54) is 0 Å². The molecule has 1 N–H and O–H groups in total. The normalized spacial score (nSPS) is 11.8. The van der Waals surface area contributed by atoms with Gasteiger partial charge < -0.3 is 9.84 Å². The summed E-state index contributed by atoms with van der Waals surface area (Å²) in [5.41, 5.74) is 0.619. The predicted octanol–water partition coefficient (Wildman–Crippen LogP) is 2.20. The van der Waals surface area contributed by atoms with Crippen LogP contribution in [0.5, 0.6) is 0 Å². The van der Waals surface area contributed by atoms with Gasteiger partial charge in [-0.1, -0.05) is 37.3 Å². The second kappa shape index (κ2) is 6.68. The lowest BCUT2D eigenvalue weighted by molar-refractivity contribution is -0.149. The van der Waals surface area contributed by atoms with Crippen molar-refractivity contribution in [3.63, 3.8) is 0 Å². The van der Waals surface area contributed by atoms with E-state index in [2.05, 4.69) is 0 Å². The van der Waals surface area contributed by atoms with Gasteiger partial charge in [0, 0.05) is 0 Å². The Kier molecular flexibility index (Phi) is 5.20. The number of carbonyl (C=O) groups is 2. The molecule has 92 valence electrons. The molecule has 0 amide bonds. The molecule has 0 heterocycles. The summed E-state index contributed by atoms with van der Waals surface area (Å²) >= 11 is 0. The van der Waals surface area contributed by atoms with Crippen LogP contribution in [0.1, 0.15) is 31.2 Å². The van der Waals surface area contributed by atoms with Gasteiger partial charge in [-0.15, -0.1) is 0 Å². The van der Waals surface area contributed by atoms with Crippen LogP contribution in [-0.4, -0.2) is 23.7 Å². The van der Waals surface area contributed by atoms with Gasteiger partial charge in [0.15, 0.2) is 0 Å². The molecule has 4 nitrogen and oxygen atoms in total. The third-order valence-corrected chi connectivity index (χ3v) is 2.34. The molecule has 0 fully saturated rings. The van der Waals surface area contributed by atoms with E-state index in [9.17, 15) is 9.59 Å². The van der Waals surface area contributed by atoms with Crippen molar-refractivity contribution in [1.82, 2.24) is 0 Å². The molecule has 17 heavy (non-hydrogen) atoms. The van der Waals surface area contributed by atoms with E-state index < -0.39 is 17.9 Å². The first kappa shape index (κ1) is 13.2. The highest BCUT2D eigenvalue weighted by molar-refractivity contribution is 5.83. The zero-order valence-electron chi connectivity index (χ0n) is 9.76. The largest absolute Gasteiger partial charge is 0.481 e. The van der Waals surface area contributed by atoms with Crippen LogP contribution >= 0.6 is 0 Å². The maximum atomic E-state index is 11.4. The van der Waals surface area contributed by atoms with Crippen LogP contribution < -0.4 is 0 Å². The summed E-state index contributed by atoms with van der Waals surface area (Å²) in [6.07, 6.45) is 0.605. The molecule has 0 bridgehead atoms.